The Bertz CT molecular complexity index is 953. The Morgan fingerprint density at radius 3 is 2.33 bits per heavy atom. The fraction of sp³-hybridized carbons (Fsp3) is 0.421. The lowest BCUT2D eigenvalue weighted by molar-refractivity contribution is 0.00578. The molecule has 0 radical (unpaired) electrons. The van der Waals surface area contributed by atoms with Gasteiger partial charge in [0.05, 0.1) is 24.9 Å². The molecule has 1 aliphatic rings. The largest absolute Gasteiger partial charge is 0.497 e. The van der Waals surface area contributed by atoms with E-state index in [-0.39, 0.29) is 0 Å². The van der Waals surface area contributed by atoms with Crippen molar-refractivity contribution in [3.05, 3.63) is 42.1 Å². The summed E-state index contributed by atoms with van der Waals surface area (Å²) in [6.45, 7) is 8.70. The number of benzene rings is 1. The Labute approximate surface area is 158 Å². The lowest BCUT2D eigenvalue weighted by Gasteiger charge is -2.32. The molecular weight excluding hydrogens is 343 g/mol. The van der Waals surface area contributed by atoms with Gasteiger partial charge in [-0.3, -0.25) is 0 Å². The topological polar surface area (TPSA) is 71.3 Å². The number of nitrogens with zero attached hydrogens (tertiary/aromatic N) is 4. The molecule has 2 aromatic heterocycles. The Morgan fingerprint density at radius 2 is 1.70 bits per heavy atom. The third-order valence-corrected chi connectivity index (χ3v) is 5.43. The highest BCUT2D eigenvalue weighted by Gasteiger charge is 2.52. The Balaban J connectivity index is 1.66. The zero-order valence-electron chi connectivity index (χ0n) is 16.3. The van der Waals surface area contributed by atoms with Crippen molar-refractivity contribution < 1.29 is 14.0 Å². The first-order valence-corrected chi connectivity index (χ1v) is 8.97. The molecule has 7 nitrogen and oxygen atoms in total. The van der Waals surface area contributed by atoms with Crippen LogP contribution in [0.15, 0.2) is 36.5 Å². The molecule has 1 fully saturated rings. The minimum absolute atomic E-state index is 0.410. The van der Waals surface area contributed by atoms with Crippen molar-refractivity contribution >= 4 is 23.7 Å². The number of ether oxygens (including phenoxy) is 1. The van der Waals surface area contributed by atoms with Crippen molar-refractivity contribution in [3.8, 4) is 5.75 Å². The molecule has 8 heteroatoms. The lowest BCUT2D eigenvalue weighted by atomic mass is 9.79. The van der Waals surface area contributed by atoms with Crippen LogP contribution in [0, 0.1) is 0 Å². The highest BCUT2D eigenvalue weighted by Crippen LogP contribution is 2.36. The number of rotatable bonds is 4. The van der Waals surface area contributed by atoms with E-state index in [1.54, 1.807) is 18.0 Å². The van der Waals surface area contributed by atoms with Gasteiger partial charge in [-0.2, -0.15) is 0 Å². The highest BCUT2D eigenvalue weighted by molar-refractivity contribution is 6.64. The van der Waals surface area contributed by atoms with E-state index in [1.165, 1.54) is 0 Å². The number of hydrogen-bond donors (Lipinski definition) is 0. The summed E-state index contributed by atoms with van der Waals surface area (Å²) in [6.07, 6.45) is 1.75. The van der Waals surface area contributed by atoms with E-state index in [1.807, 2.05) is 58.0 Å². The molecule has 0 amide bonds. The maximum absolute atomic E-state index is 6.17. The average molecular weight is 366 g/mol. The van der Waals surface area contributed by atoms with E-state index < -0.39 is 18.3 Å². The van der Waals surface area contributed by atoms with Crippen molar-refractivity contribution in [2.75, 3.05) is 7.11 Å². The van der Waals surface area contributed by atoms with Crippen LogP contribution >= 0.6 is 0 Å². The molecule has 0 unspecified atom stereocenters. The zero-order valence-corrected chi connectivity index (χ0v) is 16.3. The van der Waals surface area contributed by atoms with Crippen LogP contribution in [-0.2, 0) is 15.9 Å². The fourth-order valence-electron chi connectivity index (χ4n) is 3.06. The van der Waals surface area contributed by atoms with Gasteiger partial charge >= 0.3 is 7.12 Å². The van der Waals surface area contributed by atoms with Gasteiger partial charge in [-0.05, 0) is 51.5 Å². The second-order valence-electron chi connectivity index (χ2n) is 7.76. The van der Waals surface area contributed by atoms with Gasteiger partial charge < -0.3 is 14.0 Å². The van der Waals surface area contributed by atoms with Crippen LogP contribution in [0.4, 0.5) is 0 Å². The van der Waals surface area contributed by atoms with Gasteiger partial charge in [0.2, 0.25) is 0 Å². The first-order valence-electron chi connectivity index (χ1n) is 8.97. The minimum atomic E-state index is -0.494. The van der Waals surface area contributed by atoms with Gasteiger partial charge in [0, 0.05) is 11.7 Å². The minimum Gasteiger partial charge on any atom is -0.497 e. The zero-order chi connectivity index (χ0) is 19.2. The molecule has 27 heavy (non-hydrogen) atoms. The number of aromatic nitrogens is 4. The van der Waals surface area contributed by atoms with Crippen LogP contribution in [0.25, 0.3) is 11.2 Å². The van der Waals surface area contributed by atoms with Gasteiger partial charge in [0.15, 0.2) is 5.65 Å². The summed E-state index contributed by atoms with van der Waals surface area (Å²) in [6, 6.07) is 9.75. The molecule has 3 heterocycles. The fourth-order valence-corrected chi connectivity index (χ4v) is 3.06. The van der Waals surface area contributed by atoms with E-state index in [4.69, 9.17) is 14.0 Å². The van der Waals surface area contributed by atoms with Crippen LogP contribution < -0.4 is 10.2 Å². The van der Waals surface area contributed by atoms with E-state index in [2.05, 4.69) is 15.3 Å². The maximum Gasteiger partial charge on any atom is 0.497 e. The van der Waals surface area contributed by atoms with Crippen LogP contribution in [0.1, 0.15) is 33.3 Å². The van der Waals surface area contributed by atoms with Crippen LogP contribution in [0.5, 0.6) is 5.75 Å². The second kappa shape index (κ2) is 6.32. The number of methoxy groups -OCH3 is 1. The Hall–Kier alpha value is -2.45. The number of pyridine rings is 1. The molecule has 0 N–H and O–H groups in total. The molecule has 3 aromatic rings. The maximum atomic E-state index is 6.17. The predicted octanol–water partition coefficient (Wildman–Crippen LogP) is 2.18. The third-order valence-electron chi connectivity index (χ3n) is 5.43. The van der Waals surface area contributed by atoms with Gasteiger partial charge in [-0.15, -0.1) is 5.10 Å². The quantitative estimate of drug-likeness (QED) is 0.660. The molecular formula is C19H23BN4O3. The van der Waals surface area contributed by atoms with Gasteiger partial charge in [-0.1, -0.05) is 17.3 Å². The molecule has 0 bridgehead atoms. The van der Waals surface area contributed by atoms with E-state index in [0.717, 1.165) is 16.8 Å². The summed E-state index contributed by atoms with van der Waals surface area (Å²) in [4.78, 5) is 4.48. The first-order chi connectivity index (χ1) is 12.8. The van der Waals surface area contributed by atoms with Crippen LogP contribution in [-0.4, -0.2) is 45.4 Å². The first kappa shape index (κ1) is 17.9. The molecule has 1 saturated heterocycles. The summed E-state index contributed by atoms with van der Waals surface area (Å²) < 4.78 is 19.3. The van der Waals surface area contributed by atoms with Crippen molar-refractivity contribution in [3.63, 3.8) is 0 Å². The standard InChI is InChI=1S/C19H23BN4O3/c1-18(2)19(3,4)27-20(26-18)15-10-11-21-17-16(15)22-23-24(17)12-13-6-8-14(25-5)9-7-13/h6-11H,12H2,1-5H3. The smallest absolute Gasteiger partial charge is 0.497 e. The molecule has 4 rings (SSSR count). The average Bonchev–Trinajstić information content (AvgIpc) is 3.13. The molecule has 0 spiro atoms. The molecule has 0 atom stereocenters. The van der Waals surface area contributed by atoms with Crippen molar-refractivity contribution in [1.29, 1.82) is 0 Å². The molecule has 1 aliphatic heterocycles. The van der Waals surface area contributed by atoms with Crippen molar-refractivity contribution in [1.82, 2.24) is 20.0 Å². The predicted molar refractivity (Wildman–Crippen MR) is 103 cm³/mol. The summed E-state index contributed by atoms with van der Waals surface area (Å²) in [5, 5.41) is 8.65. The van der Waals surface area contributed by atoms with Gasteiger partial charge in [0.25, 0.3) is 0 Å². The Morgan fingerprint density at radius 1 is 1.04 bits per heavy atom. The van der Waals surface area contributed by atoms with Crippen LogP contribution in [0.3, 0.4) is 0 Å². The van der Waals surface area contributed by atoms with Crippen molar-refractivity contribution in [2.24, 2.45) is 0 Å². The highest BCUT2D eigenvalue weighted by atomic mass is 16.7. The van der Waals surface area contributed by atoms with Gasteiger partial charge in [-0.25, -0.2) is 9.67 Å². The Kier molecular flexibility index (Phi) is 4.20. The normalized spacial score (nSPS) is 18.2. The van der Waals surface area contributed by atoms with E-state index in [0.29, 0.717) is 17.7 Å². The molecule has 1 aromatic carbocycles. The second-order valence-corrected chi connectivity index (χ2v) is 7.76. The number of hydrogen-bond acceptors (Lipinski definition) is 6. The lowest BCUT2D eigenvalue weighted by Crippen LogP contribution is -2.41. The third kappa shape index (κ3) is 3.09. The monoisotopic (exact) mass is 366 g/mol. The summed E-state index contributed by atoms with van der Waals surface area (Å²) >= 11 is 0. The van der Waals surface area contributed by atoms with E-state index in [9.17, 15) is 0 Å². The van der Waals surface area contributed by atoms with Gasteiger partial charge in [0.1, 0.15) is 11.3 Å². The summed E-state index contributed by atoms with van der Waals surface area (Å²) in [5.41, 5.74) is 2.52. The molecule has 0 aliphatic carbocycles. The molecule has 0 saturated carbocycles. The summed E-state index contributed by atoms with van der Waals surface area (Å²) in [5.74, 6) is 0.823. The van der Waals surface area contributed by atoms with E-state index >= 15 is 0 Å². The summed E-state index contributed by atoms with van der Waals surface area (Å²) in [7, 11) is 1.16. The molecule has 140 valence electrons. The SMILES string of the molecule is COc1ccc(Cn2nnc3c(B4OC(C)(C)C(C)(C)O4)ccnc32)cc1. The van der Waals surface area contributed by atoms with Crippen LogP contribution in [0.2, 0.25) is 0 Å². The van der Waals surface area contributed by atoms with Crippen molar-refractivity contribution in [2.45, 2.75) is 45.4 Å². The number of fused-ring (bicyclic) bond motifs is 1.